The topological polar surface area (TPSA) is 17.1 Å². The molecule has 14 heavy (non-hydrogen) atoms. The first kappa shape index (κ1) is 11.6. The lowest BCUT2D eigenvalue weighted by molar-refractivity contribution is -0.107. The largest absolute Gasteiger partial charge is 0.276 e. The Bertz CT molecular complexity index is 396. The molecule has 0 fully saturated rings. The van der Waals surface area contributed by atoms with Gasteiger partial charge in [0.15, 0.2) is 0 Å². The van der Waals surface area contributed by atoms with Crippen LogP contribution in [0.4, 0.5) is 0 Å². The summed E-state index contributed by atoms with van der Waals surface area (Å²) in [4.78, 5) is 10.6. The maximum atomic E-state index is 10.6. The van der Waals surface area contributed by atoms with Crippen LogP contribution in [0.5, 0.6) is 0 Å². The van der Waals surface area contributed by atoms with Crippen LogP contribution in [-0.4, -0.2) is 5.24 Å². The summed E-state index contributed by atoms with van der Waals surface area (Å²) in [7, 11) is 0. The van der Waals surface area contributed by atoms with Crippen molar-refractivity contribution < 1.29 is 4.79 Å². The summed E-state index contributed by atoms with van der Waals surface area (Å²) < 4.78 is 0. The molecular weight excluding hydrogens is 242 g/mol. The highest BCUT2D eigenvalue weighted by Gasteiger charge is 2.04. The number of halogens is 3. The van der Waals surface area contributed by atoms with Gasteiger partial charge in [0.1, 0.15) is 0 Å². The highest BCUT2D eigenvalue weighted by atomic mass is 35.5. The van der Waals surface area contributed by atoms with Gasteiger partial charge in [0.2, 0.25) is 5.24 Å². The van der Waals surface area contributed by atoms with Gasteiger partial charge in [-0.05, 0) is 41.8 Å². The van der Waals surface area contributed by atoms with Crippen LogP contribution in [0.3, 0.4) is 0 Å². The van der Waals surface area contributed by atoms with Crippen LogP contribution in [0.25, 0.3) is 5.57 Å². The first-order chi connectivity index (χ1) is 6.50. The molecule has 0 aliphatic carbocycles. The summed E-state index contributed by atoms with van der Waals surface area (Å²) in [5.74, 6) is 0. The van der Waals surface area contributed by atoms with Crippen LogP contribution in [0.15, 0.2) is 24.3 Å². The Morgan fingerprint density at radius 3 is 2.50 bits per heavy atom. The fourth-order valence-corrected chi connectivity index (χ4v) is 1.78. The van der Waals surface area contributed by atoms with Crippen molar-refractivity contribution in [1.82, 2.24) is 0 Å². The molecule has 0 saturated carbocycles. The van der Waals surface area contributed by atoms with Gasteiger partial charge < -0.3 is 0 Å². The zero-order valence-electron chi connectivity index (χ0n) is 7.35. The van der Waals surface area contributed by atoms with E-state index < -0.39 is 5.24 Å². The molecule has 1 aromatic rings. The first-order valence-corrected chi connectivity index (χ1v) is 4.97. The normalized spacial score (nSPS) is 11.6. The Balaban J connectivity index is 3.14. The van der Waals surface area contributed by atoms with Crippen molar-refractivity contribution in [2.75, 3.05) is 0 Å². The van der Waals surface area contributed by atoms with Gasteiger partial charge in [-0.3, -0.25) is 4.79 Å². The van der Waals surface area contributed by atoms with E-state index in [9.17, 15) is 4.79 Å². The van der Waals surface area contributed by atoms with Crippen LogP contribution >= 0.6 is 34.8 Å². The van der Waals surface area contributed by atoms with Gasteiger partial charge in [-0.2, -0.15) is 0 Å². The molecule has 4 heteroatoms. The lowest BCUT2D eigenvalue weighted by Crippen LogP contribution is -1.85. The van der Waals surface area contributed by atoms with E-state index in [0.717, 1.165) is 5.56 Å². The molecule has 0 aliphatic heterocycles. The second kappa shape index (κ2) is 4.83. The molecule has 0 aromatic heterocycles. The summed E-state index contributed by atoms with van der Waals surface area (Å²) >= 11 is 16.9. The summed E-state index contributed by atoms with van der Waals surface area (Å²) in [6, 6.07) is 5.07. The van der Waals surface area contributed by atoms with Crippen LogP contribution in [0, 0.1) is 0 Å². The summed E-state index contributed by atoms with van der Waals surface area (Å²) in [6.07, 6.45) is 1.32. The average Bonchev–Trinajstić information content (AvgIpc) is 2.01. The molecule has 0 bridgehead atoms. The van der Waals surface area contributed by atoms with Crippen molar-refractivity contribution in [2.45, 2.75) is 6.92 Å². The van der Waals surface area contributed by atoms with E-state index in [1.54, 1.807) is 25.1 Å². The van der Waals surface area contributed by atoms with Gasteiger partial charge in [-0.1, -0.05) is 29.3 Å². The third-order valence-corrected chi connectivity index (χ3v) is 2.34. The number of hydrogen-bond acceptors (Lipinski definition) is 1. The number of hydrogen-bond donors (Lipinski definition) is 0. The quantitative estimate of drug-likeness (QED) is 0.568. The molecule has 1 rings (SSSR count). The molecule has 0 aliphatic rings. The van der Waals surface area contributed by atoms with Crippen LogP contribution in [0.1, 0.15) is 12.5 Å². The first-order valence-electron chi connectivity index (χ1n) is 3.84. The SMILES string of the molecule is C/C(=C/C(=O)Cl)c1ccc(Cl)cc1Cl. The number of rotatable bonds is 2. The van der Waals surface area contributed by atoms with Crippen molar-refractivity contribution in [3.63, 3.8) is 0 Å². The maximum absolute atomic E-state index is 10.6. The molecule has 0 N–H and O–H groups in total. The minimum atomic E-state index is -0.520. The zero-order valence-corrected chi connectivity index (χ0v) is 9.62. The van der Waals surface area contributed by atoms with E-state index >= 15 is 0 Å². The molecule has 0 radical (unpaired) electrons. The van der Waals surface area contributed by atoms with E-state index in [4.69, 9.17) is 34.8 Å². The molecule has 74 valence electrons. The van der Waals surface area contributed by atoms with Gasteiger partial charge in [0.05, 0.1) is 0 Å². The minimum Gasteiger partial charge on any atom is -0.276 e. The predicted octanol–water partition coefficient (Wildman–Crippen LogP) is 4.16. The Labute approximate surface area is 97.3 Å². The lowest BCUT2D eigenvalue weighted by atomic mass is 10.1. The highest BCUT2D eigenvalue weighted by Crippen LogP contribution is 2.26. The molecular formula is C10H7Cl3O. The summed E-state index contributed by atoms with van der Waals surface area (Å²) in [6.45, 7) is 1.76. The fourth-order valence-electron chi connectivity index (χ4n) is 1.06. The van der Waals surface area contributed by atoms with Gasteiger partial charge in [0.25, 0.3) is 0 Å². The van der Waals surface area contributed by atoms with Crippen molar-refractivity contribution in [2.24, 2.45) is 0 Å². The van der Waals surface area contributed by atoms with Crippen LogP contribution < -0.4 is 0 Å². The Hall–Kier alpha value is -0.500. The standard InChI is InChI=1S/C10H7Cl3O/c1-6(4-10(13)14)8-3-2-7(11)5-9(8)12/h2-5H,1H3/b6-4-. The molecule has 0 spiro atoms. The molecule has 0 atom stereocenters. The molecule has 0 heterocycles. The molecule has 0 saturated heterocycles. The smallest absolute Gasteiger partial charge is 0.245 e. The molecule has 0 unspecified atom stereocenters. The second-order valence-electron chi connectivity index (χ2n) is 2.76. The van der Waals surface area contributed by atoms with E-state index in [1.165, 1.54) is 6.08 Å². The fraction of sp³-hybridized carbons (Fsp3) is 0.100. The summed E-state index contributed by atoms with van der Waals surface area (Å²) in [5, 5.41) is 0.543. The third-order valence-electron chi connectivity index (χ3n) is 1.69. The molecule has 0 amide bonds. The van der Waals surface area contributed by atoms with Crippen molar-refractivity contribution in [3.8, 4) is 0 Å². The lowest BCUT2D eigenvalue weighted by Gasteiger charge is -2.03. The van der Waals surface area contributed by atoms with Crippen LogP contribution in [0.2, 0.25) is 10.0 Å². The predicted molar refractivity (Wildman–Crippen MR) is 61.0 cm³/mol. The monoisotopic (exact) mass is 248 g/mol. The average molecular weight is 250 g/mol. The van der Waals surface area contributed by atoms with E-state index in [1.807, 2.05) is 0 Å². The number of allylic oxidation sites excluding steroid dienone is 2. The van der Waals surface area contributed by atoms with Crippen molar-refractivity contribution >= 4 is 45.6 Å². The Morgan fingerprint density at radius 1 is 1.36 bits per heavy atom. The third kappa shape index (κ3) is 3.02. The maximum Gasteiger partial charge on any atom is 0.245 e. The Kier molecular flexibility index (Phi) is 3.99. The Morgan fingerprint density at radius 2 is 2.00 bits per heavy atom. The van der Waals surface area contributed by atoms with Crippen LogP contribution in [-0.2, 0) is 4.79 Å². The van der Waals surface area contributed by atoms with E-state index in [2.05, 4.69) is 0 Å². The molecule has 1 aromatic carbocycles. The second-order valence-corrected chi connectivity index (χ2v) is 3.97. The number of carbonyl (C=O) groups is 1. The zero-order chi connectivity index (χ0) is 10.7. The number of carbonyl (C=O) groups excluding carboxylic acids is 1. The minimum absolute atomic E-state index is 0.504. The highest BCUT2D eigenvalue weighted by molar-refractivity contribution is 6.67. The van der Waals surface area contributed by atoms with Crippen molar-refractivity contribution in [3.05, 3.63) is 39.9 Å². The van der Waals surface area contributed by atoms with Gasteiger partial charge in [-0.25, -0.2) is 0 Å². The summed E-state index contributed by atoms with van der Waals surface area (Å²) in [5.41, 5.74) is 1.47. The molecule has 1 nitrogen and oxygen atoms in total. The van der Waals surface area contributed by atoms with E-state index in [0.29, 0.717) is 15.6 Å². The van der Waals surface area contributed by atoms with Gasteiger partial charge >= 0.3 is 0 Å². The van der Waals surface area contributed by atoms with Gasteiger partial charge in [0, 0.05) is 16.1 Å². The van der Waals surface area contributed by atoms with Crippen molar-refractivity contribution in [1.29, 1.82) is 0 Å². The van der Waals surface area contributed by atoms with E-state index in [-0.39, 0.29) is 0 Å². The number of benzene rings is 1. The van der Waals surface area contributed by atoms with Gasteiger partial charge in [-0.15, -0.1) is 0 Å².